The van der Waals surface area contributed by atoms with Crippen LogP contribution in [0.2, 0.25) is 0 Å². The molecule has 0 N–H and O–H groups in total. The van der Waals surface area contributed by atoms with Crippen LogP contribution in [-0.2, 0) is 13.6 Å². The van der Waals surface area contributed by atoms with Crippen LogP contribution in [0.4, 0.5) is 0 Å². The Labute approximate surface area is 75.3 Å². The van der Waals surface area contributed by atoms with E-state index in [0.29, 0.717) is 19.8 Å². The summed E-state index contributed by atoms with van der Waals surface area (Å²) in [4.78, 5) is 0. The summed E-state index contributed by atoms with van der Waals surface area (Å²) in [7, 11) is -2.21. The fourth-order valence-electron chi connectivity index (χ4n) is 0.810. The molecule has 0 aromatic carbocycles. The summed E-state index contributed by atoms with van der Waals surface area (Å²) in [5.74, 6) is 1.64. The summed E-state index contributed by atoms with van der Waals surface area (Å²) >= 11 is 0. The zero-order valence-electron chi connectivity index (χ0n) is 8.08. The average Bonchev–Trinajstić information content (AvgIpc) is 2.06. The van der Waals surface area contributed by atoms with E-state index in [1.54, 1.807) is 5.82 Å². The molecule has 0 spiro atoms. The quantitative estimate of drug-likeness (QED) is 0.582. The third-order valence-corrected chi connectivity index (χ3v) is 3.45. The van der Waals surface area contributed by atoms with Gasteiger partial charge in [-0.05, 0) is 20.8 Å². The van der Waals surface area contributed by atoms with Crippen molar-refractivity contribution in [3.8, 4) is 0 Å². The van der Waals surface area contributed by atoms with Gasteiger partial charge in [-0.2, -0.15) is 13.6 Å². The molecule has 0 atom stereocenters. The molecule has 0 aliphatic carbocycles. The van der Waals surface area contributed by atoms with Gasteiger partial charge in [-0.15, -0.1) is 0 Å². The molecule has 0 rings (SSSR count). The summed E-state index contributed by atoms with van der Waals surface area (Å²) in [6.45, 7) is 11.2. The molecule has 72 valence electrons. The van der Waals surface area contributed by atoms with Crippen LogP contribution in [0.3, 0.4) is 0 Å². The normalized spacial score (nSPS) is 11.6. The summed E-state index contributed by atoms with van der Waals surface area (Å²) in [5, 5.41) is 0. The largest absolute Gasteiger partial charge is 0.440 e. The van der Waals surface area contributed by atoms with E-state index in [0.717, 1.165) is 0 Å². The van der Waals surface area contributed by atoms with E-state index in [1.807, 2.05) is 20.8 Å². The molecule has 0 unspecified atom stereocenters. The van der Waals surface area contributed by atoms with Gasteiger partial charge in [0.2, 0.25) is 0 Å². The van der Waals surface area contributed by atoms with Gasteiger partial charge in [0, 0.05) is 0 Å². The van der Waals surface area contributed by atoms with Crippen molar-refractivity contribution >= 4 is 7.94 Å². The van der Waals surface area contributed by atoms with Gasteiger partial charge in [0.25, 0.3) is 0 Å². The van der Waals surface area contributed by atoms with Crippen molar-refractivity contribution in [1.29, 1.82) is 0 Å². The lowest BCUT2D eigenvalue weighted by Gasteiger charge is -2.16. The molecular formula is C8H18O3P+. The Morgan fingerprint density at radius 3 is 1.50 bits per heavy atom. The first kappa shape index (κ1) is 12.0. The van der Waals surface area contributed by atoms with Crippen molar-refractivity contribution in [1.82, 2.24) is 0 Å². The van der Waals surface area contributed by atoms with E-state index >= 15 is 0 Å². The highest BCUT2D eigenvalue weighted by Crippen LogP contribution is 2.62. The van der Waals surface area contributed by atoms with Gasteiger partial charge in [0.15, 0.2) is 0 Å². The first-order valence-electron chi connectivity index (χ1n) is 4.20. The van der Waals surface area contributed by atoms with Crippen LogP contribution in [0, 0.1) is 0 Å². The highest BCUT2D eigenvalue weighted by atomic mass is 31.2. The molecule has 0 aliphatic heterocycles. The van der Waals surface area contributed by atoms with Crippen LogP contribution < -0.4 is 0 Å². The third kappa shape index (κ3) is 3.63. The minimum Gasteiger partial charge on any atom is -0.175 e. The van der Waals surface area contributed by atoms with Crippen LogP contribution >= 0.6 is 7.94 Å². The van der Waals surface area contributed by atoms with E-state index in [2.05, 4.69) is 6.58 Å². The van der Waals surface area contributed by atoms with Gasteiger partial charge in [0.05, 0.1) is 19.8 Å². The average molecular weight is 193 g/mol. The summed E-state index contributed by atoms with van der Waals surface area (Å²) < 4.78 is 16.2. The van der Waals surface area contributed by atoms with Gasteiger partial charge in [-0.3, -0.25) is 0 Å². The van der Waals surface area contributed by atoms with Crippen LogP contribution in [0.5, 0.6) is 0 Å². The Balaban J connectivity index is 4.16. The molecule has 0 radical (unpaired) electrons. The molecule has 0 saturated carbocycles. The predicted octanol–water partition coefficient (Wildman–Crippen LogP) is 3.00. The van der Waals surface area contributed by atoms with Gasteiger partial charge in [-0.25, -0.2) is 0 Å². The Hall–Kier alpha value is 0.0500. The van der Waals surface area contributed by atoms with Crippen molar-refractivity contribution < 1.29 is 13.6 Å². The van der Waals surface area contributed by atoms with Crippen LogP contribution in [0.1, 0.15) is 20.8 Å². The van der Waals surface area contributed by atoms with Crippen LogP contribution in [-0.4, -0.2) is 19.8 Å². The smallest absolute Gasteiger partial charge is 0.175 e. The molecule has 12 heavy (non-hydrogen) atoms. The molecule has 0 bridgehead atoms. The van der Waals surface area contributed by atoms with Crippen LogP contribution in [0.15, 0.2) is 12.4 Å². The standard InChI is InChI=1S/C8H18O3P/c1-5-9-12(8-4,10-6-2)11-7-3/h8H,4-7H2,1-3H3/q+1. The molecule has 0 aromatic heterocycles. The summed E-state index contributed by atoms with van der Waals surface area (Å²) in [6.07, 6.45) is 0. The summed E-state index contributed by atoms with van der Waals surface area (Å²) in [5.41, 5.74) is 0. The molecule has 0 heterocycles. The van der Waals surface area contributed by atoms with E-state index in [4.69, 9.17) is 13.6 Å². The second kappa shape index (κ2) is 6.55. The van der Waals surface area contributed by atoms with Gasteiger partial charge < -0.3 is 0 Å². The van der Waals surface area contributed by atoms with Crippen LogP contribution in [0.25, 0.3) is 0 Å². The van der Waals surface area contributed by atoms with Gasteiger partial charge in [0.1, 0.15) is 5.82 Å². The monoisotopic (exact) mass is 193 g/mol. The predicted molar refractivity (Wildman–Crippen MR) is 52.0 cm³/mol. The topological polar surface area (TPSA) is 27.7 Å². The molecular weight excluding hydrogens is 175 g/mol. The molecule has 0 saturated heterocycles. The number of rotatable bonds is 7. The molecule has 0 aliphatic rings. The zero-order chi connectivity index (χ0) is 9.45. The summed E-state index contributed by atoms with van der Waals surface area (Å²) in [6, 6.07) is 0. The van der Waals surface area contributed by atoms with Gasteiger partial charge >= 0.3 is 7.94 Å². The van der Waals surface area contributed by atoms with Gasteiger partial charge in [-0.1, -0.05) is 6.58 Å². The lowest BCUT2D eigenvalue weighted by atomic mass is 10.9. The number of hydrogen-bond acceptors (Lipinski definition) is 3. The molecule has 3 nitrogen and oxygen atoms in total. The van der Waals surface area contributed by atoms with Crippen molar-refractivity contribution in [3.63, 3.8) is 0 Å². The second-order valence-electron chi connectivity index (χ2n) is 1.98. The minimum atomic E-state index is -2.21. The lowest BCUT2D eigenvalue weighted by Crippen LogP contribution is -2.04. The Kier molecular flexibility index (Phi) is 6.58. The fraction of sp³-hybridized carbons (Fsp3) is 0.750. The van der Waals surface area contributed by atoms with E-state index < -0.39 is 7.94 Å². The fourth-order valence-corrected chi connectivity index (χ4v) is 2.43. The zero-order valence-corrected chi connectivity index (χ0v) is 8.97. The van der Waals surface area contributed by atoms with Crippen molar-refractivity contribution in [2.24, 2.45) is 0 Å². The maximum Gasteiger partial charge on any atom is 0.440 e. The molecule has 4 heteroatoms. The van der Waals surface area contributed by atoms with Crippen molar-refractivity contribution in [2.45, 2.75) is 20.8 Å². The van der Waals surface area contributed by atoms with E-state index in [-0.39, 0.29) is 0 Å². The molecule has 0 amide bonds. The molecule has 0 aromatic rings. The Morgan fingerprint density at radius 1 is 1.00 bits per heavy atom. The van der Waals surface area contributed by atoms with Crippen molar-refractivity contribution in [3.05, 3.63) is 12.4 Å². The van der Waals surface area contributed by atoms with E-state index in [1.165, 1.54) is 0 Å². The van der Waals surface area contributed by atoms with E-state index in [9.17, 15) is 0 Å². The third-order valence-electron chi connectivity index (χ3n) is 1.15. The number of hydrogen-bond donors (Lipinski definition) is 0. The first-order valence-corrected chi connectivity index (χ1v) is 5.81. The Morgan fingerprint density at radius 2 is 1.33 bits per heavy atom. The minimum absolute atomic E-state index is 0.583. The maximum atomic E-state index is 5.41. The lowest BCUT2D eigenvalue weighted by molar-refractivity contribution is 0.160. The highest BCUT2D eigenvalue weighted by Gasteiger charge is 2.40. The molecule has 0 fully saturated rings. The maximum absolute atomic E-state index is 5.41. The highest BCUT2D eigenvalue weighted by molar-refractivity contribution is 7.64. The SMILES string of the molecule is C=C[P+](OCC)(OCC)OCC. The first-order chi connectivity index (χ1) is 5.74. The van der Waals surface area contributed by atoms with Crippen molar-refractivity contribution in [2.75, 3.05) is 19.8 Å². The Bertz CT molecular complexity index is 110. The second-order valence-corrected chi connectivity index (χ2v) is 4.20.